The Morgan fingerprint density at radius 2 is 1.16 bits per heavy atom. The van der Waals surface area contributed by atoms with Crippen LogP contribution in [0, 0.1) is 41.4 Å². The van der Waals surface area contributed by atoms with E-state index in [4.69, 9.17) is 5.11 Å². The highest BCUT2D eigenvalue weighted by atomic mass is 16.2. The Morgan fingerprint density at radius 3 is 1.81 bits per heavy atom. The van der Waals surface area contributed by atoms with E-state index in [2.05, 4.69) is 13.8 Å². The number of hydrogen-bond acceptors (Lipinski definition) is 1. The molecular weight excluding hydrogens is 376 g/mol. The monoisotopic (exact) mass is 432 g/mol. The SMILES string of the molecule is CCCCCCC1CCC(C2CCC(C3CCC(CCCCO)CC3CC)CC2)CC1. The number of aliphatic hydroxyl groups excluding tert-OH is 1. The molecule has 0 aromatic rings. The third-order valence-electron chi connectivity index (χ3n) is 10.1. The molecule has 0 aliphatic heterocycles. The largest absolute Gasteiger partial charge is 0.396 e. The van der Waals surface area contributed by atoms with Gasteiger partial charge in [-0.2, -0.15) is 0 Å². The van der Waals surface area contributed by atoms with Crippen LogP contribution >= 0.6 is 0 Å². The average molecular weight is 433 g/mol. The van der Waals surface area contributed by atoms with Crippen molar-refractivity contribution >= 4 is 0 Å². The quantitative estimate of drug-likeness (QED) is 0.305. The number of rotatable bonds is 12. The Bertz CT molecular complexity index is 443. The van der Waals surface area contributed by atoms with Crippen LogP contribution in [-0.2, 0) is 0 Å². The summed E-state index contributed by atoms with van der Waals surface area (Å²) >= 11 is 0. The van der Waals surface area contributed by atoms with Gasteiger partial charge in [-0.1, -0.05) is 84.5 Å². The van der Waals surface area contributed by atoms with E-state index in [0.717, 1.165) is 47.8 Å². The van der Waals surface area contributed by atoms with Gasteiger partial charge in [0.25, 0.3) is 0 Å². The zero-order valence-electron chi connectivity index (χ0n) is 21.3. The summed E-state index contributed by atoms with van der Waals surface area (Å²) in [6, 6.07) is 0. The van der Waals surface area contributed by atoms with Crippen molar-refractivity contribution in [1.82, 2.24) is 0 Å². The molecule has 1 nitrogen and oxygen atoms in total. The van der Waals surface area contributed by atoms with Gasteiger partial charge in [0.2, 0.25) is 0 Å². The number of unbranched alkanes of at least 4 members (excludes halogenated alkanes) is 4. The van der Waals surface area contributed by atoms with E-state index in [1.54, 1.807) is 51.4 Å². The van der Waals surface area contributed by atoms with Crippen LogP contribution in [0.4, 0.5) is 0 Å². The van der Waals surface area contributed by atoms with Crippen molar-refractivity contribution < 1.29 is 5.11 Å². The van der Waals surface area contributed by atoms with Crippen molar-refractivity contribution in [2.45, 2.75) is 142 Å². The van der Waals surface area contributed by atoms with Gasteiger partial charge in [-0.25, -0.2) is 0 Å². The highest BCUT2D eigenvalue weighted by Crippen LogP contribution is 2.49. The molecule has 0 saturated heterocycles. The summed E-state index contributed by atoms with van der Waals surface area (Å²) in [4.78, 5) is 0. The molecule has 3 aliphatic rings. The van der Waals surface area contributed by atoms with E-state index in [-0.39, 0.29) is 0 Å². The third kappa shape index (κ3) is 8.04. The van der Waals surface area contributed by atoms with Crippen molar-refractivity contribution in [3.63, 3.8) is 0 Å². The van der Waals surface area contributed by atoms with Crippen molar-refractivity contribution in [1.29, 1.82) is 0 Å². The molecule has 1 N–H and O–H groups in total. The van der Waals surface area contributed by atoms with E-state index in [9.17, 15) is 0 Å². The molecule has 0 aromatic heterocycles. The highest BCUT2D eigenvalue weighted by molar-refractivity contribution is 4.88. The summed E-state index contributed by atoms with van der Waals surface area (Å²) in [7, 11) is 0. The molecule has 31 heavy (non-hydrogen) atoms. The van der Waals surface area contributed by atoms with Gasteiger partial charge in [-0.3, -0.25) is 0 Å². The van der Waals surface area contributed by atoms with Crippen molar-refractivity contribution in [3.8, 4) is 0 Å². The molecule has 3 rings (SSSR count). The summed E-state index contributed by atoms with van der Waals surface area (Å²) in [5.74, 6) is 7.28. The van der Waals surface area contributed by atoms with Crippen molar-refractivity contribution in [2.75, 3.05) is 6.61 Å². The Labute approximate surface area is 195 Å². The lowest BCUT2D eigenvalue weighted by Gasteiger charge is -2.44. The second kappa shape index (κ2) is 14.3. The lowest BCUT2D eigenvalue weighted by molar-refractivity contribution is 0.0639. The summed E-state index contributed by atoms with van der Waals surface area (Å²) in [5, 5.41) is 9.09. The van der Waals surface area contributed by atoms with Gasteiger partial charge >= 0.3 is 0 Å². The number of hydrogen-bond donors (Lipinski definition) is 1. The van der Waals surface area contributed by atoms with E-state index in [1.807, 2.05) is 0 Å². The molecule has 3 atom stereocenters. The fraction of sp³-hybridized carbons (Fsp3) is 1.00. The van der Waals surface area contributed by atoms with Crippen LogP contribution < -0.4 is 0 Å². The van der Waals surface area contributed by atoms with Crippen molar-refractivity contribution in [3.05, 3.63) is 0 Å². The second-order valence-corrected chi connectivity index (χ2v) is 12.0. The van der Waals surface area contributed by atoms with Crippen LogP contribution in [0.1, 0.15) is 142 Å². The smallest absolute Gasteiger partial charge is 0.0431 e. The van der Waals surface area contributed by atoms with Gasteiger partial charge in [-0.05, 0) is 99.2 Å². The first-order chi connectivity index (χ1) is 15.2. The molecule has 0 amide bonds. The van der Waals surface area contributed by atoms with E-state index in [0.29, 0.717) is 6.61 Å². The predicted molar refractivity (Wildman–Crippen MR) is 135 cm³/mol. The molecule has 0 bridgehead atoms. The van der Waals surface area contributed by atoms with E-state index >= 15 is 0 Å². The van der Waals surface area contributed by atoms with Crippen LogP contribution in [0.3, 0.4) is 0 Å². The molecule has 182 valence electrons. The van der Waals surface area contributed by atoms with Crippen LogP contribution in [0.2, 0.25) is 0 Å². The maximum atomic E-state index is 9.09. The topological polar surface area (TPSA) is 20.2 Å². The molecule has 0 spiro atoms. The molecule has 1 heteroatoms. The van der Waals surface area contributed by atoms with Gasteiger partial charge in [-0.15, -0.1) is 0 Å². The molecular formula is C30H56O. The van der Waals surface area contributed by atoms with Crippen LogP contribution in [0.25, 0.3) is 0 Å². The molecule has 0 heterocycles. The minimum absolute atomic E-state index is 0.385. The van der Waals surface area contributed by atoms with Gasteiger partial charge in [0, 0.05) is 6.61 Å². The zero-order valence-corrected chi connectivity index (χ0v) is 21.3. The Balaban J connectivity index is 1.35. The molecule has 3 unspecified atom stereocenters. The molecule has 0 radical (unpaired) electrons. The van der Waals surface area contributed by atoms with E-state index < -0.39 is 0 Å². The minimum atomic E-state index is 0.385. The molecule has 3 fully saturated rings. The summed E-state index contributed by atoms with van der Waals surface area (Å²) in [5.41, 5.74) is 0. The second-order valence-electron chi connectivity index (χ2n) is 12.0. The molecule has 3 saturated carbocycles. The Morgan fingerprint density at radius 1 is 0.581 bits per heavy atom. The number of aliphatic hydroxyl groups is 1. The lowest BCUT2D eigenvalue weighted by Crippen LogP contribution is -2.34. The van der Waals surface area contributed by atoms with E-state index in [1.165, 1.54) is 70.6 Å². The first-order valence-corrected chi connectivity index (χ1v) is 14.9. The van der Waals surface area contributed by atoms with Gasteiger partial charge < -0.3 is 5.11 Å². The normalized spacial score (nSPS) is 37.1. The molecule has 3 aliphatic carbocycles. The predicted octanol–water partition coefficient (Wildman–Crippen LogP) is 9.17. The minimum Gasteiger partial charge on any atom is -0.396 e. The van der Waals surface area contributed by atoms with Crippen LogP contribution in [-0.4, -0.2) is 11.7 Å². The van der Waals surface area contributed by atoms with Gasteiger partial charge in [0.1, 0.15) is 0 Å². The lowest BCUT2D eigenvalue weighted by atomic mass is 9.61. The Hall–Kier alpha value is -0.0400. The molecule has 0 aromatic carbocycles. The maximum absolute atomic E-state index is 9.09. The summed E-state index contributed by atoms with van der Waals surface area (Å²) in [6.45, 7) is 5.17. The fourth-order valence-corrected chi connectivity index (χ4v) is 8.13. The highest BCUT2D eigenvalue weighted by Gasteiger charge is 2.37. The summed E-state index contributed by atoms with van der Waals surface area (Å²) in [6.07, 6.45) is 29.3. The fourth-order valence-electron chi connectivity index (χ4n) is 8.13. The average Bonchev–Trinajstić information content (AvgIpc) is 2.82. The summed E-state index contributed by atoms with van der Waals surface area (Å²) < 4.78 is 0. The van der Waals surface area contributed by atoms with Gasteiger partial charge in [0.15, 0.2) is 0 Å². The first-order valence-electron chi connectivity index (χ1n) is 14.9. The first kappa shape index (κ1) is 25.6. The van der Waals surface area contributed by atoms with Crippen LogP contribution in [0.15, 0.2) is 0 Å². The zero-order chi connectivity index (χ0) is 21.9. The Kier molecular flexibility index (Phi) is 11.8. The standard InChI is InChI=1S/C30H56O/c1-3-5-6-7-10-24-12-15-27(16-13-24)28-17-19-29(20-18-28)30-21-14-25(11-8-9-22-31)23-26(30)4-2/h24-31H,3-23H2,1-2H3. The third-order valence-corrected chi connectivity index (χ3v) is 10.1. The maximum Gasteiger partial charge on any atom is 0.0431 e. The van der Waals surface area contributed by atoms with Crippen LogP contribution in [0.5, 0.6) is 0 Å². The van der Waals surface area contributed by atoms with Gasteiger partial charge in [0.05, 0.1) is 0 Å². The van der Waals surface area contributed by atoms with Crippen molar-refractivity contribution in [2.24, 2.45) is 41.4 Å².